The highest BCUT2D eigenvalue weighted by Crippen LogP contribution is 2.13. The van der Waals surface area contributed by atoms with Crippen LogP contribution in [0.3, 0.4) is 0 Å². The summed E-state index contributed by atoms with van der Waals surface area (Å²) in [5.74, 6) is -2.68. The molecule has 0 aliphatic carbocycles. The van der Waals surface area contributed by atoms with E-state index >= 15 is 0 Å². The fraction of sp³-hybridized carbons (Fsp3) is 0.308. The van der Waals surface area contributed by atoms with E-state index < -0.39 is 30.4 Å². The second kappa shape index (κ2) is 7.13. The molecule has 0 spiro atoms. The Morgan fingerprint density at radius 3 is 2.25 bits per heavy atom. The molecule has 7 heteroatoms. The SMILES string of the molecule is CCN(C(=O)N[C@H](CC(=O)O)C(=O)O)c1ccccc1. The number of carboxylic acids is 2. The Morgan fingerprint density at radius 2 is 1.80 bits per heavy atom. The first-order chi connectivity index (χ1) is 9.45. The summed E-state index contributed by atoms with van der Waals surface area (Å²) in [6.07, 6.45) is -0.673. The summed E-state index contributed by atoms with van der Waals surface area (Å²) in [6.45, 7) is 2.06. The van der Waals surface area contributed by atoms with E-state index in [1.807, 2.05) is 0 Å². The molecule has 0 heterocycles. The molecule has 0 unspecified atom stereocenters. The molecule has 1 aromatic carbocycles. The van der Waals surface area contributed by atoms with Crippen LogP contribution < -0.4 is 10.2 Å². The maximum atomic E-state index is 12.0. The second-order valence-corrected chi connectivity index (χ2v) is 4.02. The van der Waals surface area contributed by atoms with Gasteiger partial charge in [-0.25, -0.2) is 9.59 Å². The van der Waals surface area contributed by atoms with E-state index in [2.05, 4.69) is 5.32 Å². The summed E-state index contributed by atoms with van der Waals surface area (Å²) in [5.41, 5.74) is 0.604. The zero-order chi connectivity index (χ0) is 15.1. The van der Waals surface area contributed by atoms with Gasteiger partial charge in [-0.2, -0.15) is 0 Å². The molecule has 0 fully saturated rings. The Kier molecular flexibility index (Phi) is 5.52. The van der Waals surface area contributed by atoms with Crippen molar-refractivity contribution < 1.29 is 24.6 Å². The van der Waals surface area contributed by atoms with Crippen molar-refractivity contribution >= 4 is 23.7 Å². The van der Waals surface area contributed by atoms with Crippen molar-refractivity contribution in [3.8, 4) is 0 Å². The van der Waals surface area contributed by atoms with E-state index in [4.69, 9.17) is 10.2 Å². The summed E-state index contributed by atoms with van der Waals surface area (Å²) in [4.78, 5) is 34.9. The lowest BCUT2D eigenvalue weighted by atomic mass is 10.2. The maximum Gasteiger partial charge on any atom is 0.326 e. The van der Waals surface area contributed by atoms with Crippen LogP contribution in [0.1, 0.15) is 13.3 Å². The van der Waals surface area contributed by atoms with Gasteiger partial charge in [0.2, 0.25) is 0 Å². The van der Waals surface area contributed by atoms with Crippen LogP contribution in [0.25, 0.3) is 0 Å². The average Bonchev–Trinajstić information content (AvgIpc) is 2.39. The Morgan fingerprint density at radius 1 is 1.20 bits per heavy atom. The topological polar surface area (TPSA) is 107 Å². The third-order valence-corrected chi connectivity index (χ3v) is 2.60. The molecular formula is C13H16N2O5. The van der Waals surface area contributed by atoms with Gasteiger partial charge in [0.1, 0.15) is 6.04 Å². The molecule has 7 nitrogen and oxygen atoms in total. The van der Waals surface area contributed by atoms with Crippen LogP contribution in [0.15, 0.2) is 30.3 Å². The summed E-state index contributed by atoms with van der Waals surface area (Å²) in [6, 6.07) is 6.59. The number of carbonyl (C=O) groups is 3. The van der Waals surface area contributed by atoms with Crippen molar-refractivity contribution in [2.24, 2.45) is 0 Å². The molecule has 108 valence electrons. The lowest BCUT2D eigenvalue weighted by molar-refractivity contribution is -0.145. The van der Waals surface area contributed by atoms with E-state index in [-0.39, 0.29) is 0 Å². The van der Waals surface area contributed by atoms with Gasteiger partial charge in [-0.05, 0) is 19.1 Å². The molecule has 2 amide bonds. The van der Waals surface area contributed by atoms with E-state index in [1.54, 1.807) is 37.3 Å². The zero-order valence-electron chi connectivity index (χ0n) is 10.9. The van der Waals surface area contributed by atoms with Crippen LogP contribution in [0.2, 0.25) is 0 Å². The van der Waals surface area contributed by atoms with Gasteiger partial charge in [0.15, 0.2) is 0 Å². The Labute approximate surface area is 115 Å². The highest BCUT2D eigenvalue weighted by atomic mass is 16.4. The minimum atomic E-state index is -1.46. The lowest BCUT2D eigenvalue weighted by Gasteiger charge is -2.23. The van der Waals surface area contributed by atoms with Crippen LogP contribution >= 0.6 is 0 Å². The number of amides is 2. The molecule has 1 rings (SSSR count). The van der Waals surface area contributed by atoms with Crippen molar-refractivity contribution in [2.45, 2.75) is 19.4 Å². The molecule has 3 N–H and O–H groups in total. The van der Waals surface area contributed by atoms with Gasteiger partial charge < -0.3 is 15.5 Å². The molecule has 20 heavy (non-hydrogen) atoms. The van der Waals surface area contributed by atoms with E-state index in [0.717, 1.165) is 0 Å². The predicted octanol–water partition coefficient (Wildman–Crippen LogP) is 1.15. The summed E-state index contributed by atoms with van der Waals surface area (Å²) in [5, 5.41) is 19.7. The lowest BCUT2D eigenvalue weighted by Crippen LogP contribution is -2.48. The number of hydrogen-bond acceptors (Lipinski definition) is 3. The number of aliphatic carboxylic acids is 2. The van der Waals surface area contributed by atoms with Gasteiger partial charge in [0.25, 0.3) is 0 Å². The van der Waals surface area contributed by atoms with E-state index in [9.17, 15) is 14.4 Å². The van der Waals surface area contributed by atoms with Crippen LogP contribution in [-0.2, 0) is 9.59 Å². The standard InChI is InChI=1S/C13H16N2O5/c1-2-15(9-6-4-3-5-7-9)13(20)14-10(12(18)19)8-11(16)17/h3-7,10H,2,8H2,1H3,(H,14,20)(H,16,17)(H,18,19)/t10-/m1/s1. The van der Waals surface area contributed by atoms with Gasteiger partial charge in [-0.3, -0.25) is 9.69 Å². The van der Waals surface area contributed by atoms with Crippen LogP contribution in [-0.4, -0.2) is 40.8 Å². The summed E-state index contributed by atoms with van der Waals surface area (Å²) < 4.78 is 0. The number of anilines is 1. The number of rotatable bonds is 6. The van der Waals surface area contributed by atoms with Crippen molar-refractivity contribution in [2.75, 3.05) is 11.4 Å². The Balaban J connectivity index is 2.81. The second-order valence-electron chi connectivity index (χ2n) is 4.02. The van der Waals surface area contributed by atoms with E-state index in [0.29, 0.717) is 12.2 Å². The van der Waals surface area contributed by atoms with Gasteiger partial charge in [0, 0.05) is 12.2 Å². The summed E-state index contributed by atoms with van der Waals surface area (Å²) >= 11 is 0. The number of urea groups is 1. The molecule has 0 saturated carbocycles. The van der Waals surface area contributed by atoms with Gasteiger partial charge in [-0.1, -0.05) is 18.2 Å². The first-order valence-corrected chi connectivity index (χ1v) is 6.03. The number of carbonyl (C=O) groups excluding carboxylic acids is 1. The van der Waals surface area contributed by atoms with Crippen molar-refractivity contribution in [3.63, 3.8) is 0 Å². The van der Waals surface area contributed by atoms with Crippen LogP contribution in [0.4, 0.5) is 10.5 Å². The number of nitrogens with one attached hydrogen (secondary N) is 1. The molecule has 0 aromatic heterocycles. The largest absolute Gasteiger partial charge is 0.481 e. The van der Waals surface area contributed by atoms with Gasteiger partial charge in [0.05, 0.1) is 6.42 Å². The third kappa shape index (κ3) is 4.27. The molecule has 0 saturated heterocycles. The Bertz CT molecular complexity index is 489. The highest BCUT2D eigenvalue weighted by molar-refractivity contribution is 5.95. The third-order valence-electron chi connectivity index (χ3n) is 2.60. The predicted molar refractivity (Wildman–Crippen MR) is 71.7 cm³/mol. The number of carboxylic acid groups (broad SMARTS) is 2. The molecule has 0 radical (unpaired) electrons. The number of benzene rings is 1. The fourth-order valence-corrected chi connectivity index (χ4v) is 1.65. The normalized spacial score (nSPS) is 11.4. The minimum Gasteiger partial charge on any atom is -0.481 e. The molecule has 1 atom stereocenters. The zero-order valence-corrected chi connectivity index (χ0v) is 10.9. The molecule has 0 aliphatic rings. The van der Waals surface area contributed by atoms with Crippen molar-refractivity contribution in [3.05, 3.63) is 30.3 Å². The summed E-state index contributed by atoms with van der Waals surface area (Å²) in [7, 11) is 0. The average molecular weight is 280 g/mol. The van der Waals surface area contributed by atoms with Crippen LogP contribution in [0, 0.1) is 0 Å². The molecule has 0 bridgehead atoms. The highest BCUT2D eigenvalue weighted by Gasteiger charge is 2.25. The molecular weight excluding hydrogens is 264 g/mol. The number of hydrogen-bond donors (Lipinski definition) is 3. The quantitative estimate of drug-likeness (QED) is 0.724. The molecule has 1 aromatic rings. The van der Waals surface area contributed by atoms with E-state index in [1.165, 1.54) is 4.90 Å². The van der Waals surface area contributed by atoms with Gasteiger partial charge >= 0.3 is 18.0 Å². The number of nitrogens with zero attached hydrogens (tertiary/aromatic N) is 1. The minimum absolute atomic E-state index is 0.329. The van der Waals surface area contributed by atoms with Crippen molar-refractivity contribution in [1.82, 2.24) is 5.32 Å². The Hall–Kier alpha value is -2.57. The van der Waals surface area contributed by atoms with Gasteiger partial charge in [-0.15, -0.1) is 0 Å². The number of para-hydroxylation sites is 1. The molecule has 0 aliphatic heterocycles. The van der Waals surface area contributed by atoms with Crippen LogP contribution in [0.5, 0.6) is 0 Å². The first-order valence-electron chi connectivity index (χ1n) is 6.03. The van der Waals surface area contributed by atoms with Crippen molar-refractivity contribution in [1.29, 1.82) is 0 Å². The fourth-order valence-electron chi connectivity index (χ4n) is 1.65. The first kappa shape index (κ1) is 15.5. The maximum absolute atomic E-state index is 12.0. The smallest absolute Gasteiger partial charge is 0.326 e. The monoisotopic (exact) mass is 280 g/mol.